The number of ether oxygens (including phenoxy) is 1. The molecule has 1 aliphatic rings. The molecular weight excluding hydrogens is 504 g/mol. The molecule has 2 unspecified atom stereocenters. The summed E-state index contributed by atoms with van der Waals surface area (Å²) in [4.78, 5) is 27.2. The fourth-order valence-corrected chi connectivity index (χ4v) is 4.09. The van der Waals surface area contributed by atoms with Gasteiger partial charge in [-0.05, 0) is 30.7 Å². The summed E-state index contributed by atoms with van der Waals surface area (Å²) in [6.07, 6.45) is -1.73. The molecule has 0 radical (unpaired) electrons. The molecule has 1 aliphatic heterocycles. The van der Waals surface area contributed by atoms with Gasteiger partial charge in [-0.15, -0.1) is 0 Å². The minimum atomic E-state index is -4.59. The van der Waals surface area contributed by atoms with Crippen molar-refractivity contribution in [3.05, 3.63) is 47.5 Å². The number of allylic oxidation sites excluding steroid dienone is 1. The minimum Gasteiger partial charge on any atom is -0.426 e. The Hall–Kier alpha value is -2.92. The number of nitriles is 1. The van der Waals surface area contributed by atoms with Crippen molar-refractivity contribution in [2.75, 3.05) is 26.3 Å². The molecule has 1 saturated heterocycles. The topological polar surface area (TPSA) is 135 Å². The number of halogens is 3. The van der Waals surface area contributed by atoms with E-state index in [0.717, 1.165) is 0 Å². The van der Waals surface area contributed by atoms with Crippen molar-refractivity contribution in [2.45, 2.75) is 57.3 Å². The van der Waals surface area contributed by atoms with Gasteiger partial charge in [0.2, 0.25) is 5.91 Å². The van der Waals surface area contributed by atoms with Gasteiger partial charge in [0.05, 0.1) is 31.7 Å². The second-order valence-electron chi connectivity index (χ2n) is 9.54. The number of carbonyl (C=O) groups excluding carboxylic acids is 2. The van der Waals surface area contributed by atoms with Crippen LogP contribution in [-0.2, 0) is 20.7 Å². The van der Waals surface area contributed by atoms with Crippen LogP contribution in [0.1, 0.15) is 32.3 Å². The fraction of sp³-hybridized carbons (Fsp3) is 0.560. The maximum atomic E-state index is 12.9. The number of nitrogens with one attached hydrogen (secondary N) is 2. The number of nitrogens with zero attached hydrogens (tertiary/aromatic N) is 2. The SMILES string of the molecule is CC(C)C=C(C#N)C(=O)N1CCC[C@@H]1COCC(NCC(F)(F)F)C(=O)NC(Cc1ccccc1)B(O)O. The molecule has 9 nitrogen and oxygen atoms in total. The number of benzene rings is 1. The van der Waals surface area contributed by atoms with Gasteiger partial charge in [-0.2, -0.15) is 18.4 Å². The Morgan fingerprint density at radius 3 is 2.55 bits per heavy atom. The highest BCUT2D eigenvalue weighted by Gasteiger charge is 2.34. The zero-order chi connectivity index (χ0) is 28.3. The Balaban J connectivity index is 2.04. The molecule has 0 aliphatic carbocycles. The lowest BCUT2D eigenvalue weighted by molar-refractivity contribution is -0.135. The van der Waals surface area contributed by atoms with E-state index in [1.807, 2.05) is 19.9 Å². The Kier molecular flexibility index (Phi) is 12.3. The predicted molar refractivity (Wildman–Crippen MR) is 134 cm³/mol. The number of alkyl halides is 3. The van der Waals surface area contributed by atoms with Gasteiger partial charge in [0.25, 0.3) is 5.91 Å². The molecule has 0 aromatic heterocycles. The number of hydrogen-bond donors (Lipinski definition) is 4. The lowest BCUT2D eigenvalue weighted by atomic mass is 9.76. The second kappa shape index (κ2) is 14.9. The number of amides is 2. The van der Waals surface area contributed by atoms with Gasteiger partial charge in [-0.25, -0.2) is 0 Å². The Morgan fingerprint density at radius 1 is 1.29 bits per heavy atom. The van der Waals surface area contributed by atoms with Gasteiger partial charge in [-0.3, -0.25) is 14.9 Å². The largest absolute Gasteiger partial charge is 0.475 e. The maximum absolute atomic E-state index is 12.9. The zero-order valence-corrected chi connectivity index (χ0v) is 21.4. The van der Waals surface area contributed by atoms with E-state index in [4.69, 9.17) is 4.74 Å². The molecule has 3 atom stereocenters. The van der Waals surface area contributed by atoms with Crippen molar-refractivity contribution in [2.24, 2.45) is 5.92 Å². The van der Waals surface area contributed by atoms with Crippen LogP contribution in [0, 0.1) is 17.2 Å². The van der Waals surface area contributed by atoms with Gasteiger partial charge >= 0.3 is 13.3 Å². The number of carbonyl (C=O) groups is 2. The third kappa shape index (κ3) is 10.5. The van der Waals surface area contributed by atoms with Crippen LogP contribution in [0.15, 0.2) is 42.0 Å². The van der Waals surface area contributed by atoms with Gasteiger partial charge in [0.1, 0.15) is 17.7 Å². The molecule has 0 saturated carbocycles. The Bertz CT molecular complexity index is 985. The van der Waals surface area contributed by atoms with Crippen molar-refractivity contribution in [1.82, 2.24) is 15.5 Å². The van der Waals surface area contributed by atoms with E-state index in [1.54, 1.807) is 36.4 Å². The summed E-state index contributed by atoms with van der Waals surface area (Å²) < 4.78 is 44.2. The number of likely N-dealkylation sites (tertiary alicyclic amines) is 1. The van der Waals surface area contributed by atoms with Crippen molar-refractivity contribution in [3.8, 4) is 6.07 Å². The van der Waals surface area contributed by atoms with Crippen molar-refractivity contribution >= 4 is 18.9 Å². The standard InChI is InChI=1S/C25H34BF3N4O5/c1-17(2)11-19(13-30)24(35)33-10-6-9-20(33)14-38-15-21(31-16-25(27,28)29)23(34)32-22(26(36)37)12-18-7-4-3-5-8-18/h3-5,7-8,11,17,20-22,31,36-37H,6,9-10,12,14-16H2,1-2H3,(H,32,34)/t20-,21?,22?/m1/s1. The highest BCUT2D eigenvalue weighted by Crippen LogP contribution is 2.21. The third-order valence-electron chi connectivity index (χ3n) is 5.93. The first-order valence-corrected chi connectivity index (χ1v) is 12.4. The van der Waals surface area contributed by atoms with E-state index in [2.05, 4.69) is 10.6 Å². The second-order valence-corrected chi connectivity index (χ2v) is 9.54. The average Bonchev–Trinajstić information content (AvgIpc) is 3.32. The molecule has 208 valence electrons. The van der Waals surface area contributed by atoms with Gasteiger partial charge < -0.3 is 25.0 Å². The van der Waals surface area contributed by atoms with E-state index < -0.39 is 56.3 Å². The molecular formula is C25H34BF3N4O5. The van der Waals surface area contributed by atoms with Crippen LogP contribution in [0.25, 0.3) is 0 Å². The quantitative estimate of drug-likeness (QED) is 0.169. The molecule has 0 spiro atoms. The molecule has 1 heterocycles. The lowest BCUT2D eigenvalue weighted by Gasteiger charge is -2.26. The molecule has 2 amide bonds. The summed E-state index contributed by atoms with van der Waals surface area (Å²) in [6, 6.07) is 8.72. The molecule has 0 bridgehead atoms. The average molecular weight is 538 g/mol. The lowest BCUT2D eigenvalue weighted by Crippen LogP contribution is -2.56. The van der Waals surface area contributed by atoms with Crippen LogP contribution in [0.5, 0.6) is 0 Å². The zero-order valence-electron chi connectivity index (χ0n) is 21.4. The monoisotopic (exact) mass is 538 g/mol. The first-order valence-electron chi connectivity index (χ1n) is 12.4. The molecule has 1 aromatic carbocycles. The first-order chi connectivity index (χ1) is 17.9. The van der Waals surface area contributed by atoms with Crippen LogP contribution in [-0.4, -0.2) is 84.4 Å². The number of rotatable bonds is 13. The van der Waals surface area contributed by atoms with Crippen LogP contribution < -0.4 is 10.6 Å². The van der Waals surface area contributed by atoms with Crippen LogP contribution in [0.2, 0.25) is 0 Å². The normalized spacial score (nSPS) is 17.7. The summed E-state index contributed by atoms with van der Waals surface area (Å²) in [5.41, 5.74) is 0.708. The van der Waals surface area contributed by atoms with E-state index in [-0.39, 0.29) is 24.5 Å². The highest BCUT2D eigenvalue weighted by molar-refractivity contribution is 6.43. The summed E-state index contributed by atoms with van der Waals surface area (Å²) >= 11 is 0. The summed E-state index contributed by atoms with van der Waals surface area (Å²) in [6.45, 7) is 2.14. The maximum Gasteiger partial charge on any atom is 0.475 e. The van der Waals surface area contributed by atoms with E-state index in [9.17, 15) is 38.1 Å². The predicted octanol–water partition coefficient (Wildman–Crippen LogP) is 1.36. The Labute approximate surface area is 220 Å². The molecule has 38 heavy (non-hydrogen) atoms. The molecule has 2 rings (SSSR count). The molecule has 1 aromatic rings. The summed E-state index contributed by atoms with van der Waals surface area (Å²) in [7, 11) is -1.95. The van der Waals surface area contributed by atoms with E-state index >= 15 is 0 Å². The van der Waals surface area contributed by atoms with Gasteiger partial charge in [0, 0.05) is 6.54 Å². The van der Waals surface area contributed by atoms with Crippen LogP contribution in [0.3, 0.4) is 0 Å². The van der Waals surface area contributed by atoms with Crippen LogP contribution >= 0.6 is 0 Å². The third-order valence-corrected chi connectivity index (χ3v) is 5.93. The van der Waals surface area contributed by atoms with Gasteiger partial charge in [-0.1, -0.05) is 50.3 Å². The van der Waals surface area contributed by atoms with Crippen molar-refractivity contribution in [3.63, 3.8) is 0 Å². The smallest absolute Gasteiger partial charge is 0.426 e. The highest BCUT2D eigenvalue weighted by atomic mass is 19.4. The first kappa shape index (κ1) is 31.3. The summed E-state index contributed by atoms with van der Waals surface area (Å²) in [5.74, 6) is -2.50. The van der Waals surface area contributed by atoms with E-state index in [1.165, 1.54) is 4.90 Å². The summed E-state index contributed by atoms with van der Waals surface area (Å²) in [5, 5.41) is 33.3. The van der Waals surface area contributed by atoms with Crippen molar-refractivity contribution in [1.29, 1.82) is 5.26 Å². The minimum absolute atomic E-state index is 0.00645. The Morgan fingerprint density at radius 2 is 1.97 bits per heavy atom. The van der Waals surface area contributed by atoms with Gasteiger partial charge in [0.15, 0.2) is 0 Å². The number of hydrogen-bond acceptors (Lipinski definition) is 7. The van der Waals surface area contributed by atoms with Crippen LogP contribution in [0.4, 0.5) is 13.2 Å². The van der Waals surface area contributed by atoms with Crippen molar-refractivity contribution < 1.29 is 37.5 Å². The molecule has 4 N–H and O–H groups in total. The molecule has 1 fully saturated rings. The van der Waals surface area contributed by atoms with E-state index in [0.29, 0.717) is 24.9 Å². The fourth-order valence-electron chi connectivity index (χ4n) is 4.09. The molecule has 13 heteroatoms.